The number of anilines is 1. The maximum Gasteiger partial charge on any atom is 0.234 e. The molecule has 0 aliphatic rings. The topological polar surface area (TPSA) is 42.2 Å². The van der Waals surface area contributed by atoms with Gasteiger partial charge in [0.15, 0.2) is 24.3 Å². The van der Waals surface area contributed by atoms with Gasteiger partial charge in [-0.3, -0.25) is 4.79 Å². The van der Waals surface area contributed by atoms with E-state index in [1.165, 1.54) is 75.3 Å². The molecule has 0 radical (unpaired) electrons. The molecule has 0 aliphatic carbocycles. The number of aromatic nitrogens is 1. The third kappa shape index (κ3) is 11.9. The highest BCUT2D eigenvalue weighted by atomic mass is 32.1. The van der Waals surface area contributed by atoms with Gasteiger partial charge in [-0.1, -0.05) is 107 Å². The van der Waals surface area contributed by atoms with Gasteiger partial charge < -0.3 is 10.1 Å². The average Bonchev–Trinajstić information content (AvgIpc) is 3.32. The lowest BCUT2D eigenvalue weighted by atomic mass is 10.1. The van der Waals surface area contributed by atoms with E-state index in [1.807, 2.05) is 24.3 Å². The predicted molar refractivity (Wildman–Crippen MR) is 160 cm³/mol. The summed E-state index contributed by atoms with van der Waals surface area (Å²) >= 11 is 1.71. The van der Waals surface area contributed by atoms with Crippen LogP contribution in [0.3, 0.4) is 0 Å². The first-order valence-corrected chi connectivity index (χ1v) is 15.7. The molecular weight excluding hydrogens is 507 g/mol. The highest BCUT2D eigenvalue weighted by Crippen LogP contribution is 2.20. The number of aryl methyl sites for hydroxylation is 1. The Hall–Kier alpha value is -2.73. The van der Waals surface area contributed by atoms with Gasteiger partial charge in [-0.15, -0.1) is 0 Å². The molecule has 0 saturated heterocycles. The number of ether oxygens (including phenoxy) is 1. The van der Waals surface area contributed by atoms with Crippen molar-refractivity contribution in [3.05, 3.63) is 76.0 Å². The zero-order chi connectivity index (χ0) is 27.7. The van der Waals surface area contributed by atoms with Gasteiger partial charge in [-0.25, -0.2) is 4.39 Å². The van der Waals surface area contributed by atoms with Crippen LogP contribution >= 0.6 is 11.3 Å². The number of halogens is 1. The molecule has 1 heterocycles. The van der Waals surface area contributed by atoms with Crippen LogP contribution in [0.25, 0.3) is 0 Å². The Kier molecular flexibility index (Phi) is 14.0. The van der Waals surface area contributed by atoms with Crippen LogP contribution in [0.1, 0.15) is 100 Å². The van der Waals surface area contributed by atoms with Crippen LogP contribution in [0.15, 0.2) is 54.0 Å². The van der Waals surface area contributed by atoms with Gasteiger partial charge in [-0.2, -0.15) is 4.57 Å². The van der Waals surface area contributed by atoms with Gasteiger partial charge in [0.1, 0.15) is 0 Å². The van der Waals surface area contributed by atoms with Crippen molar-refractivity contribution in [1.82, 2.24) is 0 Å². The molecule has 1 aromatic heterocycles. The van der Waals surface area contributed by atoms with E-state index >= 15 is 0 Å². The molecule has 3 aromatic rings. The monoisotopic (exact) mass is 553 g/mol. The van der Waals surface area contributed by atoms with Crippen molar-refractivity contribution in [3.63, 3.8) is 0 Å². The summed E-state index contributed by atoms with van der Waals surface area (Å²) in [5.74, 6) is -0.323. The molecule has 3 rings (SSSR count). The van der Waals surface area contributed by atoms with E-state index in [0.717, 1.165) is 30.6 Å². The van der Waals surface area contributed by atoms with Crippen molar-refractivity contribution < 1.29 is 18.5 Å². The van der Waals surface area contributed by atoms with Gasteiger partial charge in [0.2, 0.25) is 10.9 Å². The molecule has 0 spiro atoms. The molecule has 0 aliphatic heterocycles. The molecule has 2 aromatic carbocycles. The van der Waals surface area contributed by atoms with Crippen LogP contribution in [0.2, 0.25) is 0 Å². The van der Waals surface area contributed by atoms with Gasteiger partial charge in [0.05, 0.1) is 18.4 Å². The Morgan fingerprint density at radius 3 is 2.23 bits per heavy atom. The first-order chi connectivity index (χ1) is 19.0. The molecule has 6 heteroatoms. The van der Waals surface area contributed by atoms with Gasteiger partial charge in [0.25, 0.3) is 0 Å². The number of hydrogen-bond donors (Lipinski definition) is 1. The number of nitrogens with one attached hydrogen (secondary N) is 1. The lowest BCUT2D eigenvalue weighted by molar-refractivity contribution is -0.689. The van der Waals surface area contributed by atoms with Gasteiger partial charge in [0, 0.05) is 18.2 Å². The number of amides is 1. The zero-order valence-corrected chi connectivity index (χ0v) is 24.7. The van der Waals surface area contributed by atoms with Crippen molar-refractivity contribution in [1.29, 1.82) is 0 Å². The normalized spacial score (nSPS) is 11.1. The summed E-state index contributed by atoms with van der Waals surface area (Å²) in [5, 5.41) is 6.23. The van der Waals surface area contributed by atoms with Crippen LogP contribution in [0, 0.1) is 12.7 Å². The predicted octanol–water partition coefficient (Wildman–Crippen LogP) is 8.79. The highest BCUT2D eigenvalue weighted by Gasteiger charge is 2.11. The minimum Gasteiger partial charge on any atom is -0.491 e. The van der Waals surface area contributed by atoms with Crippen molar-refractivity contribution in [3.8, 4) is 5.75 Å². The number of hydrogen-bond acceptors (Lipinski definition) is 3. The molecule has 0 saturated carbocycles. The number of carbonyl (C=O) groups excluding carboxylic acids is 1. The first-order valence-electron chi connectivity index (χ1n) is 14.8. The summed E-state index contributed by atoms with van der Waals surface area (Å²) in [6, 6.07) is 12.7. The van der Waals surface area contributed by atoms with Crippen molar-refractivity contribution >= 4 is 22.9 Å². The molecule has 1 N–H and O–H groups in total. The quantitative estimate of drug-likeness (QED) is 0.119. The Morgan fingerprint density at radius 2 is 1.59 bits per heavy atom. The number of unbranched alkanes of at least 4 members (excludes halogenated alkanes) is 11. The second kappa shape index (κ2) is 17.8. The molecule has 1 amide bonds. The Morgan fingerprint density at radius 1 is 0.897 bits per heavy atom. The molecular formula is C33H46FN2O2S+. The third-order valence-electron chi connectivity index (χ3n) is 7.06. The average molecular weight is 554 g/mol. The van der Waals surface area contributed by atoms with E-state index in [9.17, 15) is 9.18 Å². The van der Waals surface area contributed by atoms with E-state index in [2.05, 4.69) is 35.3 Å². The largest absolute Gasteiger partial charge is 0.491 e. The fraction of sp³-hybridized carbons (Fsp3) is 0.515. The second-order valence-corrected chi connectivity index (χ2v) is 11.6. The number of carbonyl (C=O) groups is 1. The van der Waals surface area contributed by atoms with Crippen molar-refractivity contribution in [2.45, 2.75) is 104 Å². The van der Waals surface area contributed by atoms with E-state index in [4.69, 9.17) is 4.74 Å². The van der Waals surface area contributed by atoms with Crippen LogP contribution in [-0.4, -0.2) is 12.5 Å². The summed E-state index contributed by atoms with van der Waals surface area (Å²) in [6.07, 6.45) is 17.6. The molecule has 0 bridgehead atoms. The number of nitrogens with zero attached hydrogens (tertiary/aromatic N) is 1. The van der Waals surface area contributed by atoms with Crippen LogP contribution in [0.4, 0.5) is 10.1 Å². The Bertz CT molecular complexity index is 1130. The van der Waals surface area contributed by atoms with Gasteiger partial charge >= 0.3 is 0 Å². The van der Waals surface area contributed by atoms with Crippen LogP contribution in [0.5, 0.6) is 5.75 Å². The van der Waals surface area contributed by atoms with Gasteiger partial charge in [-0.05, 0) is 36.2 Å². The smallest absolute Gasteiger partial charge is 0.234 e. The summed E-state index contributed by atoms with van der Waals surface area (Å²) in [4.78, 5) is 12.6. The summed E-state index contributed by atoms with van der Waals surface area (Å²) < 4.78 is 22.4. The first kappa shape index (κ1) is 30.8. The standard InChI is InChI=1S/C33H45FN2O2S/c1-3-4-5-6-7-8-9-10-11-12-13-14-21-38-32-19-18-28(24-31(32)34)25-33(37)35-30-17-15-16-29(23-30)26-36-20-22-39-27(36)2/h15-20,22-24H,3-14,21,25-26H2,1-2H3/p+1. The Labute approximate surface area is 238 Å². The van der Waals surface area contributed by atoms with Crippen molar-refractivity contribution in [2.75, 3.05) is 11.9 Å². The van der Waals surface area contributed by atoms with E-state index in [1.54, 1.807) is 23.5 Å². The summed E-state index contributed by atoms with van der Waals surface area (Å²) in [5.41, 5.74) is 2.48. The Balaban J connectivity index is 1.30. The fourth-order valence-corrected chi connectivity index (χ4v) is 5.44. The molecule has 0 unspecified atom stereocenters. The van der Waals surface area contributed by atoms with E-state index < -0.39 is 5.82 Å². The summed E-state index contributed by atoms with van der Waals surface area (Å²) in [7, 11) is 0. The number of thiazole rings is 1. The molecule has 212 valence electrons. The summed E-state index contributed by atoms with van der Waals surface area (Å²) in [6.45, 7) is 5.62. The second-order valence-electron chi connectivity index (χ2n) is 10.5. The highest BCUT2D eigenvalue weighted by molar-refractivity contribution is 7.09. The van der Waals surface area contributed by atoms with Crippen molar-refractivity contribution in [2.24, 2.45) is 0 Å². The molecule has 0 atom stereocenters. The third-order valence-corrected chi connectivity index (χ3v) is 7.90. The number of rotatable bonds is 19. The lowest BCUT2D eigenvalue weighted by Gasteiger charge is -2.10. The minimum absolute atomic E-state index is 0.110. The maximum atomic E-state index is 14.6. The van der Waals surface area contributed by atoms with E-state index in [-0.39, 0.29) is 18.1 Å². The lowest BCUT2D eigenvalue weighted by Crippen LogP contribution is -2.34. The minimum atomic E-state index is -0.413. The fourth-order valence-electron chi connectivity index (χ4n) is 4.77. The number of benzene rings is 2. The van der Waals surface area contributed by atoms with Crippen LogP contribution in [-0.2, 0) is 17.8 Å². The van der Waals surface area contributed by atoms with Crippen LogP contribution < -0.4 is 14.6 Å². The molecule has 0 fully saturated rings. The maximum absolute atomic E-state index is 14.6. The SMILES string of the molecule is CCCCCCCCCCCCCCOc1ccc(CC(=O)Nc2cccc(C[n+]3ccsc3C)c2)cc1F. The molecule has 4 nitrogen and oxygen atoms in total. The molecule has 39 heavy (non-hydrogen) atoms. The van der Waals surface area contributed by atoms with E-state index in [0.29, 0.717) is 12.2 Å². The zero-order valence-electron chi connectivity index (χ0n) is 23.9.